The summed E-state index contributed by atoms with van der Waals surface area (Å²) in [4.78, 5) is 14.4. The topological polar surface area (TPSA) is 65.3 Å². The molecule has 0 fully saturated rings. The lowest BCUT2D eigenvalue weighted by Crippen LogP contribution is -2.19. The standard InChI is InChI=1S/C8H11N3OS/c1-3-10-7(4-6(2)9)8(12)11-5-13/h4,9-10H,3H2,1-2H3/b7-4-,9-6?. The van der Waals surface area contributed by atoms with Crippen molar-refractivity contribution in [3.63, 3.8) is 0 Å². The third kappa shape index (κ3) is 5.00. The molecule has 0 saturated heterocycles. The molecule has 0 aliphatic heterocycles. The van der Waals surface area contributed by atoms with E-state index in [4.69, 9.17) is 5.41 Å². The Bertz CT molecular complexity index is 290. The van der Waals surface area contributed by atoms with Crippen LogP contribution in [0.1, 0.15) is 13.8 Å². The average Bonchev–Trinajstić information content (AvgIpc) is 2.03. The molecule has 5 heteroatoms. The van der Waals surface area contributed by atoms with E-state index in [1.165, 1.54) is 6.08 Å². The summed E-state index contributed by atoms with van der Waals surface area (Å²) in [5.74, 6) is -0.497. The molecule has 0 saturated carbocycles. The van der Waals surface area contributed by atoms with E-state index in [2.05, 4.69) is 22.5 Å². The first-order chi connectivity index (χ1) is 6.11. The first-order valence-electron chi connectivity index (χ1n) is 3.74. The lowest BCUT2D eigenvalue weighted by molar-refractivity contribution is -0.114. The Morgan fingerprint density at radius 1 is 1.77 bits per heavy atom. The van der Waals surface area contributed by atoms with Gasteiger partial charge in [-0.05, 0) is 32.1 Å². The van der Waals surface area contributed by atoms with E-state index in [0.29, 0.717) is 6.54 Å². The molecule has 0 aliphatic carbocycles. The van der Waals surface area contributed by atoms with Crippen molar-refractivity contribution in [3.05, 3.63) is 11.8 Å². The summed E-state index contributed by atoms with van der Waals surface area (Å²) in [7, 11) is 0. The van der Waals surface area contributed by atoms with Crippen molar-refractivity contribution in [1.29, 1.82) is 5.41 Å². The molecule has 70 valence electrons. The summed E-state index contributed by atoms with van der Waals surface area (Å²) in [6, 6.07) is 0. The van der Waals surface area contributed by atoms with E-state index < -0.39 is 5.91 Å². The third-order valence-corrected chi connectivity index (χ3v) is 1.20. The number of hydrogen-bond acceptors (Lipinski definition) is 4. The molecular formula is C8H11N3OS. The van der Waals surface area contributed by atoms with Gasteiger partial charge in [0.2, 0.25) is 0 Å². The molecule has 0 spiro atoms. The van der Waals surface area contributed by atoms with Crippen molar-refractivity contribution < 1.29 is 4.79 Å². The highest BCUT2D eigenvalue weighted by Gasteiger charge is 2.05. The Kier molecular flexibility index (Phi) is 5.59. The van der Waals surface area contributed by atoms with E-state index in [1.807, 2.05) is 12.1 Å². The minimum Gasteiger partial charge on any atom is -0.381 e. The van der Waals surface area contributed by atoms with Crippen LogP contribution in [0.4, 0.5) is 0 Å². The summed E-state index contributed by atoms with van der Waals surface area (Å²) in [6.07, 6.45) is 1.40. The molecule has 0 rings (SSSR count). The Balaban J connectivity index is 4.69. The average molecular weight is 197 g/mol. The van der Waals surface area contributed by atoms with Crippen LogP contribution in [0.15, 0.2) is 16.8 Å². The summed E-state index contributed by atoms with van der Waals surface area (Å²) < 4.78 is 0. The maximum atomic E-state index is 11.1. The van der Waals surface area contributed by atoms with Gasteiger partial charge in [-0.25, -0.2) is 0 Å². The fourth-order valence-corrected chi connectivity index (χ4v) is 0.780. The Morgan fingerprint density at radius 3 is 2.77 bits per heavy atom. The molecule has 0 aromatic carbocycles. The van der Waals surface area contributed by atoms with Gasteiger partial charge in [-0.15, -0.1) is 0 Å². The number of amides is 1. The van der Waals surface area contributed by atoms with E-state index >= 15 is 0 Å². The molecule has 0 atom stereocenters. The van der Waals surface area contributed by atoms with Gasteiger partial charge in [0.1, 0.15) is 5.70 Å². The highest BCUT2D eigenvalue weighted by atomic mass is 32.1. The molecule has 2 N–H and O–H groups in total. The zero-order valence-corrected chi connectivity index (χ0v) is 8.36. The second kappa shape index (κ2) is 6.22. The summed E-state index contributed by atoms with van der Waals surface area (Å²) in [5.41, 5.74) is 0.552. The van der Waals surface area contributed by atoms with Crippen LogP contribution in [0.3, 0.4) is 0 Å². The van der Waals surface area contributed by atoms with Crippen molar-refractivity contribution in [1.82, 2.24) is 5.32 Å². The summed E-state index contributed by atoms with van der Waals surface area (Å²) in [5, 5.41) is 11.9. The predicted octanol–water partition coefficient (Wildman–Crippen LogP) is 1.15. The first kappa shape index (κ1) is 11.7. The predicted molar refractivity (Wildman–Crippen MR) is 55.2 cm³/mol. The molecular weight excluding hydrogens is 186 g/mol. The summed E-state index contributed by atoms with van der Waals surface area (Å²) >= 11 is 4.30. The second-order valence-electron chi connectivity index (χ2n) is 2.28. The smallest absolute Gasteiger partial charge is 0.301 e. The number of allylic oxidation sites excluding steroid dienone is 1. The maximum absolute atomic E-state index is 11.1. The van der Waals surface area contributed by atoms with Gasteiger partial charge in [0.05, 0.1) is 5.16 Å². The fraction of sp³-hybridized carbons (Fsp3) is 0.375. The lowest BCUT2D eigenvalue weighted by Gasteiger charge is -2.02. The van der Waals surface area contributed by atoms with Gasteiger partial charge in [0, 0.05) is 12.3 Å². The number of nitrogens with zero attached hydrogens (tertiary/aromatic N) is 1. The zero-order valence-electron chi connectivity index (χ0n) is 7.55. The largest absolute Gasteiger partial charge is 0.381 e. The van der Waals surface area contributed by atoms with Gasteiger partial charge < -0.3 is 10.7 Å². The van der Waals surface area contributed by atoms with Crippen molar-refractivity contribution in [3.8, 4) is 0 Å². The number of aliphatic imine (C=N–C) groups is 1. The van der Waals surface area contributed by atoms with Crippen molar-refractivity contribution in [2.45, 2.75) is 13.8 Å². The minimum atomic E-state index is -0.497. The van der Waals surface area contributed by atoms with E-state index in [-0.39, 0.29) is 11.4 Å². The number of likely N-dealkylation sites (N-methyl/N-ethyl adjacent to an activating group) is 1. The zero-order chi connectivity index (χ0) is 10.3. The van der Waals surface area contributed by atoms with Gasteiger partial charge in [0.25, 0.3) is 0 Å². The SMILES string of the molecule is CCN/C(=C\C(C)=N)C(=O)N=C=S. The Labute approximate surface area is 82.3 Å². The van der Waals surface area contributed by atoms with Gasteiger partial charge in [-0.2, -0.15) is 4.99 Å². The molecule has 4 nitrogen and oxygen atoms in total. The molecule has 0 aromatic rings. The van der Waals surface area contributed by atoms with Crippen LogP contribution in [0.2, 0.25) is 0 Å². The normalized spacial score (nSPS) is 10.2. The van der Waals surface area contributed by atoms with Gasteiger partial charge in [0.15, 0.2) is 0 Å². The van der Waals surface area contributed by atoms with Gasteiger partial charge in [-0.1, -0.05) is 0 Å². The molecule has 0 bridgehead atoms. The Morgan fingerprint density at radius 2 is 2.38 bits per heavy atom. The van der Waals surface area contributed by atoms with E-state index in [9.17, 15) is 4.79 Å². The second-order valence-corrected chi connectivity index (χ2v) is 2.46. The summed E-state index contributed by atoms with van der Waals surface area (Å²) in [6.45, 7) is 4.02. The van der Waals surface area contributed by atoms with Crippen LogP contribution < -0.4 is 5.32 Å². The molecule has 0 heterocycles. The number of rotatable bonds is 4. The van der Waals surface area contributed by atoms with Crippen LogP contribution in [0, 0.1) is 5.41 Å². The van der Waals surface area contributed by atoms with Gasteiger partial charge >= 0.3 is 5.91 Å². The molecule has 1 amide bonds. The molecule has 0 aromatic heterocycles. The lowest BCUT2D eigenvalue weighted by atomic mass is 10.3. The fourth-order valence-electron chi connectivity index (χ4n) is 0.697. The highest BCUT2D eigenvalue weighted by Crippen LogP contribution is 1.93. The maximum Gasteiger partial charge on any atom is 0.301 e. The molecule has 0 unspecified atom stereocenters. The van der Waals surface area contributed by atoms with Crippen molar-refractivity contribution in [2.24, 2.45) is 4.99 Å². The molecule has 0 radical (unpaired) electrons. The monoisotopic (exact) mass is 197 g/mol. The van der Waals surface area contributed by atoms with Gasteiger partial charge in [-0.3, -0.25) is 4.79 Å². The van der Waals surface area contributed by atoms with Crippen LogP contribution >= 0.6 is 12.2 Å². The molecule has 13 heavy (non-hydrogen) atoms. The number of isothiocyanates is 1. The van der Waals surface area contributed by atoms with Crippen LogP contribution in [-0.2, 0) is 4.79 Å². The van der Waals surface area contributed by atoms with Crippen LogP contribution in [0.5, 0.6) is 0 Å². The van der Waals surface area contributed by atoms with E-state index in [0.717, 1.165) is 0 Å². The molecule has 0 aliphatic rings. The van der Waals surface area contributed by atoms with Crippen molar-refractivity contribution in [2.75, 3.05) is 6.54 Å². The third-order valence-electron chi connectivity index (χ3n) is 1.11. The number of carbonyl (C=O) groups is 1. The van der Waals surface area contributed by atoms with Crippen LogP contribution in [0.25, 0.3) is 0 Å². The van der Waals surface area contributed by atoms with E-state index in [1.54, 1.807) is 6.92 Å². The highest BCUT2D eigenvalue weighted by molar-refractivity contribution is 7.78. The number of carbonyl (C=O) groups excluding carboxylic acids is 1. The first-order valence-corrected chi connectivity index (χ1v) is 4.15. The van der Waals surface area contributed by atoms with Crippen molar-refractivity contribution >= 4 is 29.0 Å². The van der Waals surface area contributed by atoms with Crippen LogP contribution in [-0.4, -0.2) is 23.3 Å². The number of hydrogen-bond donors (Lipinski definition) is 2. The minimum absolute atomic E-state index is 0.271. The quantitative estimate of drug-likeness (QED) is 0.403. The number of thiocarbonyl (C=S) groups is 1. The number of nitrogens with one attached hydrogen (secondary N) is 2. The Hall–Kier alpha value is -1.32.